The van der Waals surface area contributed by atoms with Gasteiger partial charge < -0.3 is 14.4 Å². The summed E-state index contributed by atoms with van der Waals surface area (Å²) in [6.07, 6.45) is 4.95. The normalized spacial score (nSPS) is 15.7. The number of halogens is 4. The Labute approximate surface area is 209 Å². The van der Waals surface area contributed by atoms with E-state index in [1.54, 1.807) is 29.2 Å². The Balaban J connectivity index is 1.81. The summed E-state index contributed by atoms with van der Waals surface area (Å²) >= 11 is 25.3. The monoisotopic (exact) mass is 517 g/mol. The number of hydrogen-bond acceptors (Lipinski definition) is 3. The Morgan fingerprint density at radius 2 is 1.84 bits per heavy atom. The second-order valence-electron chi connectivity index (χ2n) is 7.88. The Morgan fingerprint density at radius 3 is 2.47 bits per heavy atom. The van der Waals surface area contributed by atoms with E-state index in [1.165, 1.54) is 0 Å². The van der Waals surface area contributed by atoms with E-state index in [0.29, 0.717) is 57.7 Å². The minimum Gasteiger partial charge on any atom is -0.490 e. The topological polar surface area (TPSA) is 38.8 Å². The first-order valence-corrected chi connectivity index (χ1v) is 12.4. The maximum Gasteiger partial charge on any atom is 0.254 e. The number of ether oxygens (including phenoxy) is 2. The highest BCUT2D eigenvalue weighted by atomic mass is 35.5. The molecule has 1 heterocycles. The molecule has 0 aliphatic carbocycles. The zero-order valence-electron chi connectivity index (χ0n) is 18.0. The van der Waals surface area contributed by atoms with Gasteiger partial charge in [0.15, 0.2) is 5.75 Å². The average molecular weight is 519 g/mol. The van der Waals surface area contributed by atoms with E-state index in [1.807, 2.05) is 6.07 Å². The van der Waals surface area contributed by atoms with Gasteiger partial charge in [-0.1, -0.05) is 72.2 Å². The zero-order chi connectivity index (χ0) is 23.1. The highest BCUT2D eigenvalue weighted by molar-refractivity contribution is 6.37. The molecule has 174 valence electrons. The number of unbranched alkanes of at least 4 members (excludes halogenated alkanes) is 2. The third-order valence-electron chi connectivity index (χ3n) is 5.35. The molecule has 0 N–H and O–H groups in total. The van der Waals surface area contributed by atoms with Crippen LogP contribution in [0.2, 0.25) is 20.1 Å². The van der Waals surface area contributed by atoms with Gasteiger partial charge in [0.25, 0.3) is 5.91 Å². The van der Waals surface area contributed by atoms with E-state index < -0.39 is 0 Å². The summed E-state index contributed by atoms with van der Waals surface area (Å²) in [5.41, 5.74) is 1.19. The first kappa shape index (κ1) is 25.5. The molecule has 4 nitrogen and oxygen atoms in total. The number of carbonyl (C=O) groups is 1. The van der Waals surface area contributed by atoms with Gasteiger partial charge in [0.1, 0.15) is 0 Å². The van der Waals surface area contributed by atoms with Gasteiger partial charge >= 0.3 is 0 Å². The van der Waals surface area contributed by atoms with E-state index >= 15 is 0 Å². The SMILES string of the molecule is CCCCCOc1c(Cl)cc(C(=O)N(Cc2ccc(Cl)cc2Cl)C[C@@H]2CCCO2)cc1Cl. The summed E-state index contributed by atoms with van der Waals surface area (Å²) in [6, 6.07) is 8.48. The summed E-state index contributed by atoms with van der Waals surface area (Å²) in [4.78, 5) is 15.2. The van der Waals surface area contributed by atoms with E-state index in [-0.39, 0.29) is 12.0 Å². The molecule has 0 unspecified atom stereocenters. The fourth-order valence-corrected chi connectivity index (χ4v) is 4.70. The number of hydrogen-bond donors (Lipinski definition) is 0. The molecule has 0 radical (unpaired) electrons. The van der Waals surface area contributed by atoms with Crippen molar-refractivity contribution in [2.75, 3.05) is 19.8 Å². The fraction of sp³-hybridized carbons (Fsp3) is 0.458. The number of nitrogens with zero attached hydrogens (tertiary/aromatic N) is 1. The molecule has 0 bridgehead atoms. The summed E-state index contributed by atoms with van der Waals surface area (Å²) < 4.78 is 11.5. The highest BCUT2D eigenvalue weighted by Crippen LogP contribution is 2.35. The molecule has 2 aromatic carbocycles. The van der Waals surface area contributed by atoms with E-state index in [9.17, 15) is 4.79 Å². The molecule has 1 atom stereocenters. The minimum absolute atomic E-state index is 0.0165. The molecule has 0 aromatic heterocycles. The lowest BCUT2D eigenvalue weighted by Gasteiger charge is -2.26. The maximum absolute atomic E-state index is 13.5. The van der Waals surface area contributed by atoms with E-state index in [2.05, 4.69) is 6.92 Å². The molecule has 1 saturated heterocycles. The number of carbonyl (C=O) groups excluding carboxylic acids is 1. The predicted octanol–water partition coefficient (Wildman–Crippen LogP) is 7.69. The van der Waals surface area contributed by atoms with Gasteiger partial charge in [0, 0.05) is 35.3 Å². The van der Waals surface area contributed by atoms with Crippen LogP contribution in [0.3, 0.4) is 0 Å². The van der Waals surface area contributed by atoms with Crippen molar-refractivity contribution < 1.29 is 14.3 Å². The lowest BCUT2D eigenvalue weighted by Crippen LogP contribution is -2.37. The van der Waals surface area contributed by atoms with Crippen LogP contribution in [0.25, 0.3) is 0 Å². The van der Waals surface area contributed by atoms with Crippen LogP contribution < -0.4 is 4.74 Å². The summed E-state index contributed by atoms with van der Waals surface area (Å²) in [5, 5.41) is 1.69. The second-order valence-corrected chi connectivity index (χ2v) is 9.54. The van der Waals surface area contributed by atoms with Crippen LogP contribution >= 0.6 is 46.4 Å². The molecule has 1 amide bonds. The Kier molecular flexibility index (Phi) is 9.81. The van der Waals surface area contributed by atoms with Crippen molar-refractivity contribution in [2.24, 2.45) is 0 Å². The lowest BCUT2D eigenvalue weighted by molar-refractivity contribution is 0.0507. The predicted molar refractivity (Wildman–Crippen MR) is 132 cm³/mol. The largest absolute Gasteiger partial charge is 0.490 e. The fourth-order valence-electron chi connectivity index (χ4n) is 3.64. The van der Waals surface area contributed by atoms with Gasteiger partial charge in [0.2, 0.25) is 0 Å². The molecule has 3 rings (SSSR count). The molecule has 1 aliphatic heterocycles. The standard InChI is InChI=1S/C24H27Cl4NO3/c1-2-3-4-9-32-23-21(27)11-17(12-22(23)28)24(30)29(15-19-6-5-10-31-19)14-16-7-8-18(25)13-20(16)26/h7-8,11-13,19H,2-6,9-10,14-15H2,1H3/t19-/m0/s1. The lowest BCUT2D eigenvalue weighted by atomic mass is 10.1. The van der Waals surface area contributed by atoms with Gasteiger partial charge in [-0.15, -0.1) is 0 Å². The van der Waals surface area contributed by atoms with Crippen molar-refractivity contribution in [2.45, 2.75) is 51.7 Å². The summed E-state index contributed by atoms with van der Waals surface area (Å²) in [5.74, 6) is 0.209. The van der Waals surface area contributed by atoms with Gasteiger partial charge in [-0.2, -0.15) is 0 Å². The van der Waals surface area contributed by atoms with Crippen LogP contribution in [0.5, 0.6) is 5.75 Å². The zero-order valence-corrected chi connectivity index (χ0v) is 21.0. The Bertz CT molecular complexity index is 908. The first-order valence-electron chi connectivity index (χ1n) is 10.9. The van der Waals surface area contributed by atoms with Gasteiger partial charge in [-0.3, -0.25) is 4.79 Å². The van der Waals surface area contributed by atoms with Crippen molar-refractivity contribution in [1.29, 1.82) is 0 Å². The van der Waals surface area contributed by atoms with Crippen LogP contribution in [-0.4, -0.2) is 36.7 Å². The molecular formula is C24H27Cl4NO3. The summed E-state index contributed by atoms with van der Waals surface area (Å²) in [7, 11) is 0. The van der Waals surface area contributed by atoms with E-state index in [0.717, 1.165) is 37.7 Å². The van der Waals surface area contributed by atoms with Crippen LogP contribution in [0.15, 0.2) is 30.3 Å². The molecule has 8 heteroatoms. The number of benzene rings is 2. The van der Waals surface area contributed by atoms with Crippen LogP contribution in [0.4, 0.5) is 0 Å². The second kappa shape index (κ2) is 12.3. The van der Waals surface area contributed by atoms with Crippen LogP contribution in [-0.2, 0) is 11.3 Å². The smallest absolute Gasteiger partial charge is 0.254 e. The Hall–Kier alpha value is -1.17. The van der Waals surface area contributed by atoms with E-state index in [4.69, 9.17) is 55.9 Å². The molecule has 32 heavy (non-hydrogen) atoms. The minimum atomic E-state index is -0.201. The van der Waals surface area contributed by atoms with Gasteiger partial charge in [0.05, 0.1) is 22.8 Å². The van der Waals surface area contributed by atoms with Crippen LogP contribution in [0, 0.1) is 0 Å². The first-order chi connectivity index (χ1) is 15.4. The average Bonchev–Trinajstić information content (AvgIpc) is 3.26. The van der Waals surface area contributed by atoms with Crippen molar-refractivity contribution in [3.63, 3.8) is 0 Å². The third kappa shape index (κ3) is 6.91. The summed E-state index contributed by atoms with van der Waals surface area (Å²) in [6.45, 7) is 4.12. The highest BCUT2D eigenvalue weighted by Gasteiger charge is 2.25. The maximum atomic E-state index is 13.5. The third-order valence-corrected chi connectivity index (χ3v) is 6.50. The Morgan fingerprint density at radius 1 is 1.09 bits per heavy atom. The number of amides is 1. The van der Waals surface area contributed by atoms with Crippen molar-refractivity contribution in [3.8, 4) is 5.75 Å². The van der Waals surface area contributed by atoms with Crippen molar-refractivity contribution >= 4 is 52.3 Å². The number of rotatable bonds is 10. The van der Waals surface area contributed by atoms with Crippen molar-refractivity contribution in [3.05, 3.63) is 61.5 Å². The molecule has 0 saturated carbocycles. The molecule has 1 aliphatic rings. The van der Waals surface area contributed by atoms with Crippen LogP contribution in [0.1, 0.15) is 54.9 Å². The van der Waals surface area contributed by atoms with Gasteiger partial charge in [-0.05, 0) is 49.1 Å². The molecule has 2 aromatic rings. The molecular weight excluding hydrogens is 492 g/mol. The van der Waals surface area contributed by atoms with Gasteiger partial charge in [-0.25, -0.2) is 0 Å². The quantitative estimate of drug-likeness (QED) is 0.302. The molecule has 1 fully saturated rings. The molecule has 0 spiro atoms. The van der Waals surface area contributed by atoms with Crippen molar-refractivity contribution in [1.82, 2.24) is 4.90 Å².